The fourth-order valence-corrected chi connectivity index (χ4v) is 5.65. The Labute approximate surface area is 230 Å². The monoisotopic (exact) mass is 552 g/mol. The zero-order valence-corrected chi connectivity index (χ0v) is 23.1. The largest absolute Gasteiger partial charge is 0.458 e. The predicted octanol–water partition coefficient (Wildman–Crippen LogP) is 2.55. The van der Waals surface area contributed by atoms with E-state index < -0.39 is 18.0 Å². The second-order valence-corrected chi connectivity index (χ2v) is 10.5. The van der Waals surface area contributed by atoms with Crippen molar-refractivity contribution >= 4 is 22.8 Å². The van der Waals surface area contributed by atoms with Crippen molar-refractivity contribution in [2.24, 2.45) is 5.73 Å². The summed E-state index contributed by atoms with van der Waals surface area (Å²) in [5.74, 6) is -1.19. The van der Waals surface area contributed by atoms with Crippen molar-refractivity contribution in [1.29, 1.82) is 0 Å². The number of esters is 1. The van der Waals surface area contributed by atoms with Gasteiger partial charge in [-0.05, 0) is 62.8 Å². The van der Waals surface area contributed by atoms with E-state index in [9.17, 15) is 18.8 Å². The number of carbonyl (C=O) groups excluding carboxylic acids is 2. The summed E-state index contributed by atoms with van der Waals surface area (Å²) in [5.41, 5.74) is 11.5. The number of cyclic esters (lactones) is 1. The van der Waals surface area contributed by atoms with Gasteiger partial charge in [0.05, 0.1) is 35.7 Å². The Morgan fingerprint density at radius 1 is 1.23 bits per heavy atom. The number of carbonyl (C=O) groups is 2. The van der Waals surface area contributed by atoms with E-state index in [1.807, 2.05) is 26.8 Å². The van der Waals surface area contributed by atoms with Gasteiger partial charge in [-0.3, -0.25) is 14.9 Å². The molecule has 1 aliphatic carbocycles. The van der Waals surface area contributed by atoms with Gasteiger partial charge in [-0.25, -0.2) is 14.2 Å². The van der Waals surface area contributed by atoms with Gasteiger partial charge >= 0.3 is 5.97 Å². The second-order valence-electron chi connectivity index (χ2n) is 10.5. The van der Waals surface area contributed by atoms with Gasteiger partial charge in [0, 0.05) is 35.7 Å². The topological polar surface area (TPSA) is 135 Å². The molecule has 0 spiro atoms. The van der Waals surface area contributed by atoms with Gasteiger partial charge in [-0.15, -0.1) is 0 Å². The molecule has 1 aromatic carbocycles. The van der Waals surface area contributed by atoms with Crippen LogP contribution in [0.1, 0.15) is 59.8 Å². The molecule has 1 atom stereocenters. The Bertz CT molecular complexity index is 1580. The molecule has 0 saturated carbocycles. The van der Waals surface area contributed by atoms with E-state index in [2.05, 4.69) is 5.32 Å². The summed E-state index contributed by atoms with van der Waals surface area (Å²) >= 11 is 0. The van der Waals surface area contributed by atoms with Gasteiger partial charge in [-0.1, -0.05) is 0 Å². The Hall–Kier alpha value is -3.67. The number of pyridine rings is 2. The fourth-order valence-electron chi connectivity index (χ4n) is 5.65. The maximum absolute atomic E-state index is 14.6. The Balaban J connectivity index is 0.000000279. The van der Waals surface area contributed by atoms with Crippen molar-refractivity contribution in [2.45, 2.75) is 65.3 Å². The molecular formula is C29H33FN4O6. The molecule has 10 nitrogen and oxygen atoms in total. The van der Waals surface area contributed by atoms with E-state index >= 15 is 0 Å². The van der Waals surface area contributed by atoms with Crippen LogP contribution in [0.5, 0.6) is 0 Å². The first kappa shape index (κ1) is 27.9. The molecule has 212 valence electrons. The Morgan fingerprint density at radius 3 is 2.67 bits per heavy atom. The molecule has 3 N–H and O–H groups in total. The van der Waals surface area contributed by atoms with Crippen molar-refractivity contribution in [3.8, 4) is 11.4 Å². The van der Waals surface area contributed by atoms with E-state index in [-0.39, 0.29) is 24.6 Å². The van der Waals surface area contributed by atoms with Crippen molar-refractivity contribution in [1.82, 2.24) is 14.9 Å². The number of rotatable bonds is 6. The molecule has 0 bridgehead atoms. The lowest BCUT2D eigenvalue weighted by Gasteiger charge is -2.24. The third-order valence-electron chi connectivity index (χ3n) is 7.59. The summed E-state index contributed by atoms with van der Waals surface area (Å²) in [6, 6.07) is 3.68. The van der Waals surface area contributed by atoms with Crippen LogP contribution in [0.2, 0.25) is 0 Å². The molecule has 11 heteroatoms. The first-order valence-corrected chi connectivity index (χ1v) is 13.3. The van der Waals surface area contributed by atoms with Crippen molar-refractivity contribution in [2.75, 3.05) is 20.4 Å². The van der Waals surface area contributed by atoms with Crippen LogP contribution < -0.4 is 16.6 Å². The van der Waals surface area contributed by atoms with Crippen molar-refractivity contribution < 1.29 is 28.2 Å². The lowest BCUT2D eigenvalue weighted by Crippen LogP contribution is -2.33. The van der Waals surface area contributed by atoms with Crippen LogP contribution in [0.15, 0.2) is 16.9 Å². The molecule has 4 heterocycles. The number of nitrogens with two attached hydrogens (primary N) is 1. The lowest BCUT2D eigenvalue weighted by atomic mass is 9.85. The Kier molecular flexibility index (Phi) is 7.72. The highest BCUT2D eigenvalue weighted by Gasteiger charge is 2.36. The molecule has 0 radical (unpaired) electrons. The minimum Gasteiger partial charge on any atom is -0.458 e. The average molecular weight is 553 g/mol. The van der Waals surface area contributed by atoms with Crippen LogP contribution in [0.4, 0.5) is 4.39 Å². The molecule has 3 aromatic rings. The van der Waals surface area contributed by atoms with Crippen LogP contribution in [0.25, 0.3) is 22.3 Å². The summed E-state index contributed by atoms with van der Waals surface area (Å²) in [4.78, 5) is 40.3. The van der Waals surface area contributed by atoms with Crippen LogP contribution in [0.3, 0.4) is 0 Å². The number of hydrogen-bond acceptors (Lipinski definition) is 8. The summed E-state index contributed by atoms with van der Waals surface area (Å²) in [6.07, 6.45) is 1.73. The lowest BCUT2D eigenvalue weighted by molar-refractivity contribution is -0.159. The van der Waals surface area contributed by atoms with Gasteiger partial charge in [0.25, 0.3) is 5.56 Å². The number of fused-ring (bicyclic) bond motifs is 5. The number of ether oxygens (including phenoxy) is 3. The highest BCUT2D eigenvalue weighted by Crippen LogP contribution is 2.42. The maximum Gasteiger partial charge on any atom is 0.340 e. The van der Waals surface area contributed by atoms with E-state index in [0.29, 0.717) is 52.9 Å². The molecule has 6 rings (SSSR count). The van der Waals surface area contributed by atoms with E-state index in [1.54, 1.807) is 4.57 Å². The number of aryl methyl sites for hydroxylation is 2. The number of benzene rings is 1. The number of nitrogens with one attached hydrogen (secondary N) is 1. The average Bonchev–Trinajstić information content (AvgIpc) is 3.29. The minimum absolute atomic E-state index is 0.0142. The molecule has 1 amide bonds. The molecular weight excluding hydrogens is 519 g/mol. The normalized spacial score (nSPS) is 16.6. The third kappa shape index (κ3) is 4.89. The van der Waals surface area contributed by atoms with Crippen LogP contribution in [0, 0.1) is 12.7 Å². The highest BCUT2D eigenvalue weighted by atomic mass is 19.1. The SMILES string of the molecule is CC(C)NCOCC(N)=O.COC1C(=O)OCc2c1cc1n(c2=O)Cc2c-1nc1cc(F)c(C)c3c1c2CCC3. The standard InChI is InChI=1S/C23H19FN2O4.C6H14N2O2/c1-10-11-4-3-5-12-14-8-26-18(20(14)25-17(19(11)12)7-16(10)24)6-13-15(22(26)27)9-30-23(28)21(13)29-2;1-5(2)8-4-10-3-6(7)9/h6-7,21H,3-5,8-9H2,1-2H3;5,8H,3-4H2,1-2H3,(H2,7,9). The molecule has 40 heavy (non-hydrogen) atoms. The molecule has 3 aliphatic rings. The van der Waals surface area contributed by atoms with Gasteiger partial charge in [0.15, 0.2) is 6.10 Å². The molecule has 0 fully saturated rings. The quantitative estimate of drug-likeness (QED) is 0.212. The molecule has 2 aromatic heterocycles. The number of hydrogen-bond donors (Lipinski definition) is 2. The predicted molar refractivity (Wildman–Crippen MR) is 145 cm³/mol. The molecule has 2 aliphatic heterocycles. The number of amides is 1. The first-order chi connectivity index (χ1) is 19.1. The molecule has 1 unspecified atom stereocenters. The summed E-state index contributed by atoms with van der Waals surface area (Å²) < 4.78 is 31.5. The van der Waals surface area contributed by atoms with Crippen LogP contribution in [-0.4, -0.2) is 47.9 Å². The van der Waals surface area contributed by atoms with Crippen LogP contribution in [-0.2, 0) is 49.8 Å². The summed E-state index contributed by atoms with van der Waals surface area (Å²) in [5, 5.41) is 4.01. The number of halogens is 1. The zero-order chi connectivity index (χ0) is 28.7. The maximum atomic E-state index is 14.6. The fraction of sp³-hybridized carbons (Fsp3) is 0.448. The second kappa shape index (κ2) is 11.1. The van der Waals surface area contributed by atoms with E-state index in [0.717, 1.165) is 41.3 Å². The number of primary amides is 1. The minimum atomic E-state index is -0.929. The third-order valence-corrected chi connectivity index (χ3v) is 7.59. The van der Waals surface area contributed by atoms with Crippen molar-refractivity contribution in [3.05, 3.63) is 61.7 Å². The van der Waals surface area contributed by atoms with Gasteiger partial charge < -0.3 is 24.5 Å². The van der Waals surface area contributed by atoms with E-state index in [1.165, 1.54) is 13.2 Å². The van der Waals surface area contributed by atoms with Crippen LogP contribution >= 0.6 is 0 Å². The first-order valence-electron chi connectivity index (χ1n) is 13.3. The number of methoxy groups -OCH3 is 1. The number of aromatic nitrogens is 2. The summed E-state index contributed by atoms with van der Waals surface area (Å²) in [6.45, 7) is 6.54. The van der Waals surface area contributed by atoms with Crippen molar-refractivity contribution in [3.63, 3.8) is 0 Å². The van der Waals surface area contributed by atoms with Gasteiger partial charge in [0.1, 0.15) is 19.0 Å². The van der Waals surface area contributed by atoms with E-state index in [4.69, 9.17) is 24.9 Å². The summed E-state index contributed by atoms with van der Waals surface area (Å²) in [7, 11) is 1.42. The highest BCUT2D eigenvalue weighted by molar-refractivity contribution is 5.92. The van der Waals surface area contributed by atoms with Gasteiger partial charge in [0.2, 0.25) is 5.91 Å². The number of nitrogens with zero attached hydrogens (tertiary/aromatic N) is 2. The van der Waals surface area contributed by atoms with Gasteiger partial charge in [-0.2, -0.15) is 0 Å². The smallest absolute Gasteiger partial charge is 0.340 e. The molecule has 0 saturated heterocycles. The Morgan fingerprint density at radius 2 is 1.98 bits per heavy atom. The zero-order valence-electron chi connectivity index (χ0n) is 23.1.